The maximum absolute atomic E-state index is 12.1. The van der Waals surface area contributed by atoms with Crippen molar-refractivity contribution in [2.75, 3.05) is 19.0 Å². The Hall–Kier alpha value is -0.290. The van der Waals surface area contributed by atoms with Gasteiger partial charge in [-0.3, -0.25) is 4.79 Å². The van der Waals surface area contributed by atoms with Crippen molar-refractivity contribution in [3.63, 3.8) is 0 Å². The van der Waals surface area contributed by atoms with Crippen LogP contribution in [0.4, 0.5) is 0 Å². The predicted octanol–water partition coefficient (Wildman–Crippen LogP) is 2.99. The summed E-state index contributed by atoms with van der Waals surface area (Å²) in [5, 5.41) is 0. The molecule has 1 unspecified atom stereocenters. The van der Waals surface area contributed by atoms with Crippen molar-refractivity contribution in [1.82, 2.24) is 4.90 Å². The van der Waals surface area contributed by atoms with E-state index in [0.717, 1.165) is 28.6 Å². The summed E-state index contributed by atoms with van der Waals surface area (Å²) in [4.78, 5) is 14.0. The minimum Gasteiger partial charge on any atom is -0.338 e. The van der Waals surface area contributed by atoms with Crippen molar-refractivity contribution in [2.45, 2.75) is 6.42 Å². The van der Waals surface area contributed by atoms with Crippen LogP contribution in [0.15, 0.2) is 24.3 Å². The van der Waals surface area contributed by atoms with Gasteiger partial charge in [0.1, 0.15) is 0 Å². The first-order chi connectivity index (χ1) is 7.70. The zero-order valence-corrected chi connectivity index (χ0v) is 11.7. The number of halogens is 2. The fourth-order valence-corrected chi connectivity index (χ4v) is 2.53. The molecule has 86 valence electrons. The molecule has 1 aliphatic heterocycles. The Kier molecular flexibility index (Phi) is 4.08. The summed E-state index contributed by atoms with van der Waals surface area (Å²) in [6.45, 7) is 1.64. The van der Waals surface area contributed by atoms with Crippen LogP contribution in [-0.4, -0.2) is 29.8 Å². The molecule has 1 amide bonds. The topological polar surface area (TPSA) is 20.3 Å². The number of carbonyl (C=O) groups excluding carboxylic acids is 1. The molecule has 0 saturated carbocycles. The Balaban J connectivity index is 2.05. The third-order valence-corrected chi connectivity index (χ3v) is 4.04. The number of hydrogen-bond donors (Lipinski definition) is 0. The van der Waals surface area contributed by atoms with E-state index < -0.39 is 0 Å². The van der Waals surface area contributed by atoms with Gasteiger partial charge in [-0.25, -0.2) is 0 Å². The van der Waals surface area contributed by atoms with Gasteiger partial charge in [0.2, 0.25) is 0 Å². The molecule has 2 rings (SSSR count). The van der Waals surface area contributed by atoms with E-state index in [2.05, 4.69) is 22.6 Å². The van der Waals surface area contributed by atoms with Crippen molar-refractivity contribution >= 4 is 40.1 Å². The fourth-order valence-electron chi connectivity index (χ4n) is 1.92. The summed E-state index contributed by atoms with van der Waals surface area (Å²) < 4.78 is 1.15. The lowest BCUT2D eigenvalue weighted by Crippen LogP contribution is -2.28. The highest BCUT2D eigenvalue weighted by molar-refractivity contribution is 14.1. The van der Waals surface area contributed by atoms with E-state index in [1.165, 1.54) is 0 Å². The van der Waals surface area contributed by atoms with E-state index in [-0.39, 0.29) is 5.91 Å². The predicted molar refractivity (Wildman–Crippen MR) is 73.9 cm³/mol. The molecule has 2 nitrogen and oxygen atoms in total. The summed E-state index contributed by atoms with van der Waals surface area (Å²) in [5.74, 6) is 1.25. The number of alkyl halides is 1. The molecule has 1 fully saturated rings. The van der Waals surface area contributed by atoms with Crippen LogP contribution in [0.5, 0.6) is 0 Å². The highest BCUT2D eigenvalue weighted by Crippen LogP contribution is 2.20. The molecular formula is C12H13ClINO. The summed E-state index contributed by atoms with van der Waals surface area (Å²) in [6, 6.07) is 7.70. The fraction of sp³-hybridized carbons (Fsp3) is 0.417. The summed E-state index contributed by atoms with van der Waals surface area (Å²) in [5.41, 5.74) is 0.774. The number of benzene rings is 1. The Morgan fingerprint density at radius 2 is 2.12 bits per heavy atom. The van der Waals surface area contributed by atoms with Gasteiger partial charge in [0.25, 0.3) is 5.91 Å². The molecule has 1 saturated heterocycles. The second-order valence-electron chi connectivity index (χ2n) is 4.07. The summed E-state index contributed by atoms with van der Waals surface area (Å²) >= 11 is 8.04. The lowest BCUT2D eigenvalue weighted by molar-refractivity contribution is 0.0788. The van der Waals surface area contributed by atoms with Gasteiger partial charge in [-0.15, -0.1) is 11.6 Å². The standard InChI is InChI=1S/C12H13ClINO/c13-7-9-5-6-15(8-9)12(16)10-1-3-11(14)4-2-10/h1-4,9H,5-8H2. The van der Waals surface area contributed by atoms with Gasteiger partial charge in [-0.1, -0.05) is 0 Å². The molecule has 0 aromatic heterocycles. The quantitative estimate of drug-likeness (QED) is 0.594. The number of rotatable bonds is 2. The Morgan fingerprint density at radius 1 is 1.44 bits per heavy atom. The van der Waals surface area contributed by atoms with Crippen molar-refractivity contribution in [2.24, 2.45) is 5.92 Å². The van der Waals surface area contributed by atoms with Crippen molar-refractivity contribution in [1.29, 1.82) is 0 Å². The second kappa shape index (κ2) is 5.36. The van der Waals surface area contributed by atoms with Gasteiger partial charge in [0, 0.05) is 28.1 Å². The maximum Gasteiger partial charge on any atom is 0.253 e. The monoisotopic (exact) mass is 349 g/mol. The van der Waals surface area contributed by atoms with E-state index in [9.17, 15) is 4.79 Å². The second-order valence-corrected chi connectivity index (χ2v) is 5.62. The minimum absolute atomic E-state index is 0.129. The molecule has 4 heteroatoms. The SMILES string of the molecule is O=C(c1ccc(I)cc1)N1CCC(CCl)C1. The van der Waals surface area contributed by atoms with E-state index >= 15 is 0 Å². The zero-order valence-electron chi connectivity index (χ0n) is 8.83. The van der Waals surface area contributed by atoms with Crippen LogP contribution in [-0.2, 0) is 0 Å². The number of nitrogens with zero attached hydrogens (tertiary/aromatic N) is 1. The first-order valence-corrected chi connectivity index (χ1v) is 6.93. The van der Waals surface area contributed by atoms with E-state index in [4.69, 9.17) is 11.6 Å². The average Bonchev–Trinajstić information content (AvgIpc) is 2.77. The Labute approximate surface area is 114 Å². The third-order valence-electron chi connectivity index (χ3n) is 2.88. The Bertz CT molecular complexity index is 379. The molecule has 0 radical (unpaired) electrons. The van der Waals surface area contributed by atoms with Crippen LogP contribution in [0.25, 0.3) is 0 Å². The van der Waals surface area contributed by atoms with Crippen molar-refractivity contribution < 1.29 is 4.79 Å². The lowest BCUT2D eigenvalue weighted by atomic mass is 10.1. The molecule has 0 spiro atoms. The molecule has 1 atom stereocenters. The van der Waals surface area contributed by atoms with E-state index in [0.29, 0.717) is 11.8 Å². The lowest BCUT2D eigenvalue weighted by Gasteiger charge is -2.16. The van der Waals surface area contributed by atoms with Crippen molar-refractivity contribution in [3.05, 3.63) is 33.4 Å². The number of hydrogen-bond acceptors (Lipinski definition) is 1. The van der Waals surface area contributed by atoms with Gasteiger partial charge in [0.15, 0.2) is 0 Å². The third kappa shape index (κ3) is 2.69. The Morgan fingerprint density at radius 3 is 2.69 bits per heavy atom. The van der Waals surface area contributed by atoms with Gasteiger partial charge >= 0.3 is 0 Å². The maximum atomic E-state index is 12.1. The van der Waals surface area contributed by atoms with Crippen LogP contribution in [0.2, 0.25) is 0 Å². The van der Waals surface area contributed by atoms with Crippen LogP contribution in [0.1, 0.15) is 16.8 Å². The van der Waals surface area contributed by atoms with Crippen molar-refractivity contribution in [3.8, 4) is 0 Å². The highest BCUT2D eigenvalue weighted by Gasteiger charge is 2.26. The molecule has 16 heavy (non-hydrogen) atoms. The summed E-state index contributed by atoms with van der Waals surface area (Å²) in [6.07, 6.45) is 1.03. The largest absolute Gasteiger partial charge is 0.338 e. The molecule has 0 aliphatic carbocycles. The number of amides is 1. The first kappa shape index (κ1) is 12.2. The highest BCUT2D eigenvalue weighted by atomic mass is 127. The first-order valence-electron chi connectivity index (χ1n) is 5.31. The van der Waals surface area contributed by atoms with E-state index in [1.54, 1.807) is 0 Å². The molecule has 0 bridgehead atoms. The molecule has 1 aliphatic rings. The van der Waals surface area contributed by atoms with Crippen LogP contribution in [0.3, 0.4) is 0 Å². The summed E-state index contributed by atoms with van der Waals surface area (Å²) in [7, 11) is 0. The van der Waals surface area contributed by atoms with Gasteiger partial charge < -0.3 is 4.90 Å². The smallest absolute Gasteiger partial charge is 0.253 e. The minimum atomic E-state index is 0.129. The number of likely N-dealkylation sites (tertiary alicyclic amines) is 1. The van der Waals surface area contributed by atoms with E-state index in [1.807, 2.05) is 29.2 Å². The van der Waals surface area contributed by atoms with Gasteiger partial charge in [0.05, 0.1) is 0 Å². The van der Waals surface area contributed by atoms with Gasteiger partial charge in [-0.05, 0) is 59.2 Å². The molecule has 1 heterocycles. The molecule has 1 aromatic rings. The van der Waals surface area contributed by atoms with Gasteiger partial charge in [-0.2, -0.15) is 0 Å². The normalized spacial score (nSPS) is 20.1. The van der Waals surface area contributed by atoms with Crippen LogP contribution >= 0.6 is 34.2 Å². The average molecular weight is 350 g/mol. The number of carbonyl (C=O) groups is 1. The zero-order chi connectivity index (χ0) is 11.5. The molecule has 0 N–H and O–H groups in total. The molecule has 1 aromatic carbocycles. The van der Waals surface area contributed by atoms with Crippen LogP contribution < -0.4 is 0 Å². The van der Waals surface area contributed by atoms with Crippen LogP contribution in [0, 0.1) is 9.49 Å². The molecular weight excluding hydrogens is 336 g/mol.